The van der Waals surface area contributed by atoms with Gasteiger partial charge < -0.3 is 10.2 Å². The average Bonchev–Trinajstić information content (AvgIpc) is 2.13. The van der Waals surface area contributed by atoms with E-state index in [0.717, 1.165) is 0 Å². The zero-order chi connectivity index (χ0) is 11.4. The molecule has 1 aromatic heterocycles. The molecule has 0 saturated carbocycles. The summed E-state index contributed by atoms with van der Waals surface area (Å²) in [6.07, 6.45) is -2.47. The molecule has 5 nitrogen and oxygen atoms in total. The maximum Gasteiger partial charge on any atom is 0.255 e. The van der Waals surface area contributed by atoms with Crippen molar-refractivity contribution in [3.8, 4) is 0 Å². The summed E-state index contributed by atoms with van der Waals surface area (Å²) in [4.78, 5) is 12.9. The molecule has 84 valence electrons. The zero-order valence-electron chi connectivity index (χ0n) is 8.21. The molecule has 0 aliphatic heterocycles. The van der Waals surface area contributed by atoms with Crippen LogP contribution in [0.5, 0.6) is 0 Å². The Labute approximate surface area is 90.5 Å². The van der Waals surface area contributed by atoms with Crippen molar-refractivity contribution in [2.24, 2.45) is 0 Å². The summed E-state index contributed by atoms with van der Waals surface area (Å²) < 4.78 is 23.8. The molecule has 0 saturated heterocycles. The van der Waals surface area contributed by atoms with Gasteiger partial charge >= 0.3 is 0 Å². The van der Waals surface area contributed by atoms with Gasteiger partial charge in [0.05, 0.1) is 6.54 Å². The Bertz CT molecular complexity index is 333. The molecule has 15 heavy (non-hydrogen) atoms. The van der Waals surface area contributed by atoms with Gasteiger partial charge in [-0.3, -0.25) is 0 Å². The molecule has 1 heterocycles. The zero-order valence-corrected chi connectivity index (χ0v) is 8.96. The summed E-state index contributed by atoms with van der Waals surface area (Å²) in [5.41, 5.74) is 0. The number of nitrogens with zero attached hydrogens (tertiary/aromatic N) is 4. The topological polar surface area (TPSA) is 53.9 Å². The van der Waals surface area contributed by atoms with Crippen LogP contribution in [-0.4, -0.2) is 42.0 Å². The molecule has 0 spiro atoms. The Hall–Kier alpha value is -1.24. The molecule has 0 unspecified atom stereocenters. The molecular formula is C7H10ClF2N5. The van der Waals surface area contributed by atoms with Crippen molar-refractivity contribution in [3.05, 3.63) is 5.28 Å². The third-order valence-electron chi connectivity index (χ3n) is 1.41. The summed E-state index contributed by atoms with van der Waals surface area (Å²) in [6, 6.07) is 0. The summed E-state index contributed by atoms with van der Waals surface area (Å²) >= 11 is 5.59. The third kappa shape index (κ3) is 3.78. The van der Waals surface area contributed by atoms with Gasteiger partial charge in [-0.15, -0.1) is 0 Å². The Morgan fingerprint density at radius 1 is 1.33 bits per heavy atom. The lowest BCUT2D eigenvalue weighted by Crippen LogP contribution is -2.17. The molecule has 0 radical (unpaired) electrons. The van der Waals surface area contributed by atoms with Crippen molar-refractivity contribution < 1.29 is 8.78 Å². The summed E-state index contributed by atoms with van der Waals surface area (Å²) in [5.74, 6) is 0.353. The van der Waals surface area contributed by atoms with Gasteiger partial charge in [0.1, 0.15) is 0 Å². The second kappa shape index (κ2) is 5.01. The molecule has 0 aromatic carbocycles. The number of aromatic nitrogens is 3. The molecule has 1 rings (SSSR count). The van der Waals surface area contributed by atoms with E-state index in [-0.39, 0.29) is 11.2 Å². The lowest BCUT2D eigenvalue weighted by atomic mass is 10.6. The minimum atomic E-state index is -2.47. The second-order valence-electron chi connectivity index (χ2n) is 2.89. The molecule has 1 N–H and O–H groups in total. The van der Waals surface area contributed by atoms with Crippen LogP contribution in [0.25, 0.3) is 0 Å². The predicted octanol–water partition coefficient (Wildman–Crippen LogP) is 1.27. The first-order valence-corrected chi connectivity index (χ1v) is 4.47. The molecule has 8 heteroatoms. The molecule has 0 aliphatic rings. The normalized spacial score (nSPS) is 10.5. The second-order valence-corrected chi connectivity index (χ2v) is 3.23. The van der Waals surface area contributed by atoms with Crippen molar-refractivity contribution in [2.45, 2.75) is 6.43 Å². The fourth-order valence-corrected chi connectivity index (χ4v) is 0.943. The van der Waals surface area contributed by atoms with Gasteiger partial charge in [-0.2, -0.15) is 15.0 Å². The molecule has 0 amide bonds. The minimum absolute atomic E-state index is 0.0366. The quantitative estimate of drug-likeness (QED) is 0.855. The highest BCUT2D eigenvalue weighted by atomic mass is 35.5. The molecule has 0 bridgehead atoms. The Balaban J connectivity index is 2.79. The number of halogens is 3. The predicted molar refractivity (Wildman–Crippen MR) is 53.7 cm³/mol. The molecule has 0 aliphatic carbocycles. The van der Waals surface area contributed by atoms with E-state index < -0.39 is 13.0 Å². The van der Waals surface area contributed by atoms with Gasteiger partial charge in [-0.25, -0.2) is 8.78 Å². The molecular weight excluding hydrogens is 228 g/mol. The van der Waals surface area contributed by atoms with Crippen LogP contribution in [0.1, 0.15) is 0 Å². The van der Waals surface area contributed by atoms with E-state index in [1.54, 1.807) is 19.0 Å². The number of hydrogen-bond donors (Lipinski definition) is 1. The highest BCUT2D eigenvalue weighted by molar-refractivity contribution is 6.28. The van der Waals surface area contributed by atoms with Crippen molar-refractivity contribution in [1.82, 2.24) is 15.0 Å². The van der Waals surface area contributed by atoms with Crippen LogP contribution >= 0.6 is 11.6 Å². The maximum absolute atomic E-state index is 11.9. The fraction of sp³-hybridized carbons (Fsp3) is 0.571. The number of anilines is 2. The number of alkyl halides is 2. The van der Waals surface area contributed by atoms with Crippen LogP contribution in [0.2, 0.25) is 5.28 Å². The average molecular weight is 238 g/mol. The number of hydrogen-bond acceptors (Lipinski definition) is 5. The largest absolute Gasteiger partial charge is 0.348 e. The van der Waals surface area contributed by atoms with Crippen LogP contribution in [0.15, 0.2) is 0 Å². The minimum Gasteiger partial charge on any atom is -0.348 e. The van der Waals surface area contributed by atoms with Crippen LogP contribution < -0.4 is 10.2 Å². The first-order chi connectivity index (χ1) is 6.99. The first-order valence-electron chi connectivity index (χ1n) is 4.10. The van der Waals surface area contributed by atoms with E-state index in [9.17, 15) is 8.78 Å². The van der Waals surface area contributed by atoms with Gasteiger partial charge in [0.2, 0.25) is 17.2 Å². The summed E-state index contributed by atoms with van der Waals surface area (Å²) in [5, 5.41) is 2.32. The van der Waals surface area contributed by atoms with E-state index in [2.05, 4.69) is 20.3 Å². The Morgan fingerprint density at radius 2 is 2.00 bits per heavy atom. The maximum atomic E-state index is 11.9. The van der Waals surface area contributed by atoms with Crippen LogP contribution in [0, 0.1) is 0 Å². The molecule has 0 atom stereocenters. The van der Waals surface area contributed by atoms with E-state index in [0.29, 0.717) is 5.95 Å². The van der Waals surface area contributed by atoms with Crippen molar-refractivity contribution in [3.63, 3.8) is 0 Å². The van der Waals surface area contributed by atoms with Crippen molar-refractivity contribution in [1.29, 1.82) is 0 Å². The van der Waals surface area contributed by atoms with Crippen LogP contribution in [0.3, 0.4) is 0 Å². The van der Waals surface area contributed by atoms with Crippen molar-refractivity contribution >= 4 is 23.5 Å². The SMILES string of the molecule is CN(C)c1nc(Cl)nc(NCC(F)F)n1. The van der Waals surface area contributed by atoms with Crippen LogP contribution in [0.4, 0.5) is 20.7 Å². The van der Waals surface area contributed by atoms with E-state index in [4.69, 9.17) is 11.6 Å². The van der Waals surface area contributed by atoms with Gasteiger partial charge in [-0.05, 0) is 11.6 Å². The van der Waals surface area contributed by atoms with Crippen LogP contribution in [-0.2, 0) is 0 Å². The monoisotopic (exact) mass is 237 g/mol. The van der Waals surface area contributed by atoms with Gasteiger partial charge in [0.15, 0.2) is 0 Å². The third-order valence-corrected chi connectivity index (χ3v) is 1.58. The lowest BCUT2D eigenvalue weighted by molar-refractivity contribution is 0.163. The van der Waals surface area contributed by atoms with E-state index >= 15 is 0 Å². The number of rotatable bonds is 4. The van der Waals surface area contributed by atoms with Gasteiger partial charge in [0.25, 0.3) is 6.43 Å². The Morgan fingerprint density at radius 3 is 2.53 bits per heavy atom. The summed E-state index contributed by atoms with van der Waals surface area (Å²) in [6.45, 7) is -0.521. The lowest BCUT2D eigenvalue weighted by Gasteiger charge is -2.11. The van der Waals surface area contributed by atoms with Gasteiger partial charge in [-0.1, -0.05) is 0 Å². The van der Waals surface area contributed by atoms with E-state index in [1.807, 2.05) is 0 Å². The fourth-order valence-electron chi connectivity index (χ4n) is 0.787. The summed E-state index contributed by atoms with van der Waals surface area (Å²) in [7, 11) is 3.42. The Kier molecular flexibility index (Phi) is 3.96. The highest BCUT2D eigenvalue weighted by Gasteiger charge is 2.08. The molecule has 1 aromatic rings. The van der Waals surface area contributed by atoms with Gasteiger partial charge in [0, 0.05) is 14.1 Å². The van der Waals surface area contributed by atoms with E-state index in [1.165, 1.54) is 0 Å². The standard InChI is InChI=1S/C7H10ClF2N5/c1-15(2)7-13-5(8)12-6(14-7)11-3-4(9)10/h4H,3H2,1-2H3,(H,11,12,13,14). The highest BCUT2D eigenvalue weighted by Crippen LogP contribution is 2.11. The van der Waals surface area contributed by atoms with Crippen molar-refractivity contribution in [2.75, 3.05) is 30.9 Å². The number of nitrogens with one attached hydrogen (secondary N) is 1. The first kappa shape index (κ1) is 11.8. The molecule has 0 fully saturated rings. The smallest absolute Gasteiger partial charge is 0.255 e.